The maximum atomic E-state index is 11.8. The highest BCUT2D eigenvalue weighted by Crippen LogP contribution is 2.23. The summed E-state index contributed by atoms with van der Waals surface area (Å²) < 4.78 is 6.81. The van der Waals surface area contributed by atoms with Crippen LogP contribution in [0.2, 0.25) is 0 Å². The van der Waals surface area contributed by atoms with Crippen LogP contribution in [0.1, 0.15) is 20.8 Å². The van der Waals surface area contributed by atoms with E-state index in [2.05, 4.69) is 15.5 Å². The van der Waals surface area contributed by atoms with E-state index in [0.29, 0.717) is 30.1 Å². The minimum Gasteiger partial charge on any atom is -0.494 e. The number of hydrogen-bond acceptors (Lipinski definition) is 6. The lowest BCUT2D eigenvalue weighted by Crippen LogP contribution is -2.29. The molecule has 1 aromatic heterocycles. The van der Waals surface area contributed by atoms with E-state index in [1.807, 2.05) is 45.0 Å². The Kier molecular flexibility index (Phi) is 6.48. The van der Waals surface area contributed by atoms with Crippen molar-refractivity contribution in [3.8, 4) is 17.1 Å². The van der Waals surface area contributed by atoms with Crippen LogP contribution >= 0.6 is 11.8 Å². The fraction of sp³-hybridized carbons (Fsp3) is 0.438. The molecule has 3 N–H and O–H groups in total. The van der Waals surface area contributed by atoms with E-state index in [4.69, 9.17) is 10.6 Å². The zero-order chi connectivity index (χ0) is 17.5. The predicted octanol–water partition coefficient (Wildman–Crippen LogP) is 1.92. The fourth-order valence-corrected chi connectivity index (χ4v) is 2.62. The van der Waals surface area contributed by atoms with Crippen molar-refractivity contribution in [2.75, 3.05) is 24.7 Å². The van der Waals surface area contributed by atoms with Gasteiger partial charge in [0.2, 0.25) is 11.1 Å². The molecule has 0 fully saturated rings. The Morgan fingerprint density at radius 2 is 2.04 bits per heavy atom. The molecule has 0 saturated carbocycles. The Labute approximate surface area is 145 Å². The number of nitrogens with zero attached hydrogens (tertiary/aromatic N) is 3. The molecule has 0 aliphatic heterocycles. The Morgan fingerprint density at radius 1 is 1.33 bits per heavy atom. The summed E-state index contributed by atoms with van der Waals surface area (Å²) in [5.41, 5.74) is 0.838. The van der Waals surface area contributed by atoms with E-state index in [-0.39, 0.29) is 11.7 Å². The Balaban J connectivity index is 1.99. The van der Waals surface area contributed by atoms with Gasteiger partial charge in [0.15, 0.2) is 5.82 Å². The number of nitrogen functional groups attached to an aromatic ring is 1. The monoisotopic (exact) mass is 349 g/mol. The second-order valence-corrected chi connectivity index (χ2v) is 6.56. The molecule has 24 heavy (non-hydrogen) atoms. The van der Waals surface area contributed by atoms with E-state index in [1.165, 1.54) is 16.4 Å². The van der Waals surface area contributed by atoms with Gasteiger partial charge in [0.05, 0.1) is 12.4 Å². The zero-order valence-corrected chi connectivity index (χ0v) is 15.0. The van der Waals surface area contributed by atoms with Gasteiger partial charge >= 0.3 is 0 Å². The molecule has 0 saturated heterocycles. The van der Waals surface area contributed by atoms with E-state index in [0.717, 1.165) is 11.3 Å². The van der Waals surface area contributed by atoms with Crippen molar-refractivity contribution in [3.05, 3.63) is 24.3 Å². The summed E-state index contributed by atoms with van der Waals surface area (Å²) in [6.45, 7) is 7.31. The van der Waals surface area contributed by atoms with Gasteiger partial charge in [-0.2, -0.15) is 0 Å². The molecule has 0 bridgehead atoms. The third-order valence-electron chi connectivity index (χ3n) is 3.13. The van der Waals surface area contributed by atoms with Gasteiger partial charge in [-0.3, -0.25) is 4.79 Å². The first kappa shape index (κ1) is 18.1. The molecule has 130 valence electrons. The van der Waals surface area contributed by atoms with Crippen molar-refractivity contribution < 1.29 is 9.53 Å². The van der Waals surface area contributed by atoms with E-state index < -0.39 is 0 Å². The number of carbonyl (C=O) groups excluding carboxylic acids is 1. The van der Waals surface area contributed by atoms with Crippen LogP contribution in [0.4, 0.5) is 0 Å². The summed E-state index contributed by atoms with van der Waals surface area (Å²) in [5.74, 6) is 8.02. The lowest BCUT2D eigenvalue weighted by molar-refractivity contribution is -0.118. The molecule has 1 aromatic carbocycles. The molecule has 1 amide bonds. The molecular formula is C16H23N5O2S. The average molecular weight is 349 g/mol. The summed E-state index contributed by atoms with van der Waals surface area (Å²) >= 11 is 1.26. The molecular weight excluding hydrogens is 326 g/mol. The van der Waals surface area contributed by atoms with Gasteiger partial charge in [0.25, 0.3) is 0 Å². The summed E-state index contributed by atoms with van der Waals surface area (Å²) in [6, 6.07) is 7.48. The van der Waals surface area contributed by atoms with Crippen LogP contribution in [0.15, 0.2) is 29.4 Å². The van der Waals surface area contributed by atoms with Crippen molar-refractivity contribution in [1.82, 2.24) is 20.2 Å². The maximum Gasteiger partial charge on any atom is 0.230 e. The minimum absolute atomic E-state index is 0.0423. The number of hydrogen-bond donors (Lipinski definition) is 2. The molecule has 0 spiro atoms. The van der Waals surface area contributed by atoms with Crippen LogP contribution in [-0.2, 0) is 4.79 Å². The van der Waals surface area contributed by atoms with Crippen LogP contribution in [0, 0.1) is 5.92 Å². The van der Waals surface area contributed by atoms with Crippen molar-refractivity contribution in [2.45, 2.75) is 25.9 Å². The lowest BCUT2D eigenvalue weighted by atomic mass is 10.2. The molecule has 0 radical (unpaired) electrons. The van der Waals surface area contributed by atoms with Gasteiger partial charge in [0.1, 0.15) is 5.75 Å². The molecule has 2 aromatic rings. The fourth-order valence-electron chi connectivity index (χ4n) is 1.94. The molecule has 0 unspecified atom stereocenters. The molecule has 0 aliphatic carbocycles. The third-order valence-corrected chi connectivity index (χ3v) is 4.07. The van der Waals surface area contributed by atoms with Crippen molar-refractivity contribution in [3.63, 3.8) is 0 Å². The Morgan fingerprint density at radius 3 is 2.67 bits per heavy atom. The highest BCUT2D eigenvalue weighted by atomic mass is 32.2. The first-order valence-corrected chi connectivity index (χ1v) is 8.83. The standard InChI is InChI=1S/C16H23N5O2S/c1-4-23-13-7-5-12(6-8-13)15-19-20-16(21(15)17)24-10-14(22)18-9-11(2)3/h5-8,11H,4,9-10,17H2,1-3H3,(H,18,22). The highest BCUT2D eigenvalue weighted by molar-refractivity contribution is 7.99. The van der Waals surface area contributed by atoms with Gasteiger partial charge in [-0.1, -0.05) is 25.6 Å². The number of carbonyl (C=O) groups is 1. The summed E-state index contributed by atoms with van der Waals surface area (Å²) in [5, 5.41) is 11.5. The van der Waals surface area contributed by atoms with Crippen LogP contribution in [-0.4, -0.2) is 39.7 Å². The highest BCUT2D eigenvalue weighted by Gasteiger charge is 2.14. The molecule has 2 rings (SSSR count). The molecule has 7 nitrogen and oxygen atoms in total. The molecule has 1 heterocycles. The van der Waals surface area contributed by atoms with Crippen LogP contribution in [0.25, 0.3) is 11.4 Å². The van der Waals surface area contributed by atoms with Gasteiger partial charge in [0, 0.05) is 12.1 Å². The number of nitrogens with one attached hydrogen (secondary N) is 1. The molecule has 0 aliphatic rings. The van der Waals surface area contributed by atoms with Gasteiger partial charge in [-0.25, -0.2) is 4.68 Å². The smallest absolute Gasteiger partial charge is 0.230 e. The van der Waals surface area contributed by atoms with Crippen molar-refractivity contribution in [2.24, 2.45) is 5.92 Å². The van der Waals surface area contributed by atoms with Gasteiger partial charge in [-0.15, -0.1) is 10.2 Å². The van der Waals surface area contributed by atoms with Gasteiger partial charge < -0.3 is 15.9 Å². The zero-order valence-electron chi connectivity index (χ0n) is 14.2. The topological polar surface area (TPSA) is 95.1 Å². The second kappa shape index (κ2) is 8.58. The quantitative estimate of drug-likeness (QED) is 0.558. The van der Waals surface area contributed by atoms with Crippen molar-refractivity contribution >= 4 is 17.7 Å². The summed E-state index contributed by atoms with van der Waals surface area (Å²) in [7, 11) is 0. The first-order valence-electron chi connectivity index (χ1n) is 7.84. The summed E-state index contributed by atoms with van der Waals surface area (Å²) in [4.78, 5) is 11.8. The number of rotatable bonds is 8. The summed E-state index contributed by atoms with van der Waals surface area (Å²) in [6.07, 6.45) is 0. The largest absolute Gasteiger partial charge is 0.494 e. The number of aromatic nitrogens is 3. The van der Waals surface area contributed by atoms with Crippen molar-refractivity contribution in [1.29, 1.82) is 0 Å². The van der Waals surface area contributed by atoms with Crippen LogP contribution < -0.4 is 15.9 Å². The SMILES string of the molecule is CCOc1ccc(-c2nnc(SCC(=O)NCC(C)C)n2N)cc1. The van der Waals surface area contributed by atoms with E-state index in [1.54, 1.807) is 0 Å². The predicted molar refractivity (Wildman–Crippen MR) is 95.3 cm³/mol. The maximum absolute atomic E-state index is 11.8. The van der Waals surface area contributed by atoms with Crippen LogP contribution in [0.5, 0.6) is 5.75 Å². The van der Waals surface area contributed by atoms with Crippen LogP contribution in [0.3, 0.4) is 0 Å². The minimum atomic E-state index is -0.0423. The number of nitrogens with two attached hydrogens (primary N) is 1. The second-order valence-electron chi connectivity index (χ2n) is 5.62. The average Bonchev–Trinajstić information content (AvgIpc) is 2.93. The molecule has 0 atom stereocenters. The Hall–Kier alpha value is -2.22. The van der Waals surface area contributed by atoms with E-state index >= 15 is 0 Å². The number of benzene rings is 1. The number of ether oxygens (including phenoxy) is 1. The Bertz CT molecular complexity index is 670. The lowest BCUT2D eigenvalue weighted by Gasteiger charge is -2.07. The van der Waals surface area contributed by atoms with Gasteiger partial charge in [-0.05, 0) is 37.1 Å². The van der Waals surface area contributed by atoms with E-state index in [9.17, 15) is 4.79 Å². The molecule has 8 heteroatoms. The number of thioether (sulfide) groups is 1. The first-order chi connectivity index (χ1) is 11.5. The third kappa shape index (κ3) is 4.89. The normalized spacial score (nSPS) is 10.8. The number of amides is 1.